The van der Waals surface area contributed by atoms with E-state index in [0.717, 1.165) is 18.9 Å². The van der Waals surface area contributed by atoms with E-state index in [-0.39, 0.29) is 0 Å². The summed E-state index contributed by atoms with van der Waals surface area (Å²) >= 11 is 0. The lowest BCUT2D eigenvalue weighted by Gasteiger charge is -2.16. The van der Waals surface area contributed by atoms with Gasteiger partial charge in [0.1, 0.15) is 11.6 Å². The molecule has 1 aliphatic rings. The fraction of sp³-hybridized carbons (Fsp3) is 0.444. The van der Waals surface area contributed by atoms with Gasteiger partial charge in [-0.2, -0.15) is 0 Å². The highest BCUT2D eigenvalue weighted by Gasteiger charge is 2.14. The average molecular weight is 208 g/mol. The number of anilines is 1. The van der Waals surface area contributed by atoms with Crippen molar-refractivity contribution in [3.05, 3.63) is 18.3 Å². The van der Waals surface area contributed by atoms with E-state index in [2.05, 4.69) is 14.5 Å². The number of hydrogen-bond acceptors (Lipinski definition) is 5. The van der Waals surface area contributed by atoms with Gasteiger partial charge in [-0.1, -0.05) is 0 Å². The second kappa shape index (κ2) is 4.50. The monoisotopic (exact) mass is 208 g/mol. The minimum absolute atomic E-state index is 0.355. The molecule has 1 saturated heterocycles. The van der Waals surface area contributed by atoms with Crippen LogP contribution in [0.3, 0.4) is 0 Å². The lowest BCUT2D eigenvalue weighted by Crippen LogP contribution is -2.21. The fourth-order valence-corrected chi connectivity index (χ4v) is 1.70. The summed E-state index contributed by atoms with van der Waals surface area (Å²) in [7, 11) is -1.79. The maximum atomic E-state index is 8.58. The first-order valence-corrected chi connectivity index (χ1v) is 4.99. The van der Waals surface area contributed by atoms with E-state index in [1.807, 2.05) is 6.07 Å². The van der Waals surface area contributed by atoms with Crippen LogP contribution in [-0.4, -0.2) is 35.4 Å². The quantitative estimate of drug-likeness (QED) is 0.686. The van der Waals surface area contributed by atoms with Gasteiger partial charge in [-0.25, -0.2) is 4.98 Å². The van der Waals surface area contributed by atoms with Crippen LogP contribution in [-0.2, 0) is 0 Å². The van der Waals surface area contributed by atoms with Crippen LogP contribution in [0.1, 0.15) is 12.8 Å². The van der Waals surface area contributed by atoms with Crippen LogP contribution in [0, 0.1) is 0 Å². The Kier molecular flexibility index (Phi) is 3.08. The van der Waals surface area contributed by atoms with E-state index in [0.29, 0.717) is 5.75 Å². The van der Waals surface area contributed by atoms with Gasteiger partial charge in [0.2, 0.25) is 0 Å². The Hall–Kier alpha value is -1.27. The largest absolute Gasteiger partial charge is 0.707 e. The van der Waals surface area contributed by atoms with Crippen LogP contribution in [0.4, 0.5) is 5.82 Å². The van der Waals surface area contributed by atoms with E-state index in [1.54, 1.807) is 6.07 Å². The molecule has 5 nitrogen and oxygen atoms in total. The van der Waals surface area contributed by atoms with Crippen molar-refractivity contribution in [1.29, 1.82) is 0 Å². The third-order valence-electron chi connectivity index (χ3n) is 2.39. The highest BCUT2D eigenvalue weighted by Crippen LogP contribution is 2.19. The summed E-state index contributed by atoms with van der Waals surface area (Å²) in [6.45, 7) is 2.08. The van der Waals surface area contributed by atoms with E-state index < -0.39 is 7.32 Å². The molecule has 0 spiro atoms. The summed E-state index contributed by atoms with van der Waals surface area (Å²) in [4.78, 5) is 6.39. The first kappa shape index (κ1) is 10.3. The number of pyridine rings is 1. The second-order valence-electron chi connectivity index (χ2n) is 3.49. The summed E-state index contributed by atoms with van der Waals surface area (Å²) in [6.07, 6.45) is 3.90. The molecule has 0 radical (unpaired) electrons. The molecule has 0 unspecified atom stereocenters. The molecule has 2 N–H and O–H groups in total. The number of nitrogens with zero attached hydrogens (tertiary/aromatic N) is 2. The van der Waals surface area contributed by atoms with E-state index in [1.165, 1.54) is 19.0 Å². The Labute approximate surface area is 88.5 Å². The van der Waals surface area contributed by atoms with Crippen LogP contribution < -0.4 is 9.55 Å². The molecule has 80 valence electrons. The summed E-state index contributed by atoms with van der Waals surface area (Å²) < 4.78 is 4.66. The molecule has 1 aliphatic heterocycles. The topological polar surface area (TPSA) is 65.8 Å². The van der Waals surface area contributed by atoms with Crippen LogP contribution in [0.5, 0.6) is 5.75 Å². The summed E-state index contributed by atoms with van der Waals surface area (Å²) in [5, 5.41) is 17.2. The first-order valence-electron chi connectivity index (χ1n) is 4.99. The van der Waals surface area contributed by atoms with Crippen molar-refractivity contribution in [3.63, 3.8) is 0 Å². The lowest BCUT2D eigenvalue weighted by atomic mass is 10.2. The van der Waals surface area contributed by atoms with Gasteiger partial charge in [0.25, 0.3) is 0 Å². The second-order valence-corrected chi connectivity index (χ2v) is 3.49. The van der Waals surface area contributed by atoms with E-state index in [4.69, 9.17) is 10.0 Å². The molecular weight excluding hydrogens is 195 g/mol. The summed E-state index contributed by atoms with van der Waals surface area (Å²) in [6, 6.07) is 3.50. The molecule has 2 rings (SSSR count). The Morgan fingerprint density at radius 2 is 2.00 bits per heavy atom. The highest BCUT2D eigenvalue weighted by atomic mass is 16.6. The first-order chi connectivity index (χ1) is 7.25. The van der Waals surface area contributed by atoms with Gasteiger partial charge in [0.05, 0.1) is 6.20 Å². The van der Waals surface area contributed by atoms with Gasteiger partial charge in [-0.3, -0.25) is 0 Å². The van der Waals surface area contributed by atoms with Gasteiger partial charge in [-0.15, -0.1) is 0 Å². The zero-order valence-corrected chi connectivity index (χ0v) is 8.33. The summed E-state index contributed by atoms with van der Waals surface area (Å²) in [5.74, 6) is 1.26. The fourth-order valence-electron chi connectivity index (χ4n) is 1.70. The minimum Gasteiger partial charge on any atom is -0.511 e. The van der Waals surface area contributed by atoms with Crippen molar-refractivity contribution >= 4 is 13.1 Å². The molecule has 1 aromatic heterocycles. The predicted octanol–water partition coefficient (Wildman–Crippen LogP) is 0.0301. The standard InChI is InChI=1S/C9H13BN2O3/c13-10(14)15-8-3-4-9(11-7-8)12-5-1-2-6-12/h3-4,7,13-14H,1-2,5-6H2. The van der Waals surface area contributed by atoms with Crippen LogP contribution >= 0.6 is 0 Å². The zero-order chi connectivity index (χ0) is 10.7. The van der Waals surface area contributed by atoms with Gasteiger partial charge >= 0.3 is 7.32 Å². The Balaban J connectivity index is 2.03. The predicted molar refractivity (Wildman–Crippen MR) is 56.5 cm³/mol. The molecule has 0 amide bonds. The summed E-state index contributed by atoms with van der Waals surface area (Å²) in [5.41, 5.74) is 0. The molecular formula is C9H13BN2O3. The minimum atomic E-state index is -1.79. The smallest absolute Gasteiger partial charge is 0.511 e. The molecule has 0 saturated carbocycles. The van der Waals surface area contributed by atoms with Crippen molar-refractivity contribution in [2.45, 2.75) is 12.8 Å². The van der Waals surface area contributed by atoms with Gasteiger partial charge in [0, 0.05) is 13.1 Å². The van der Waals surface area contributed by atoms with Crippen LogP contribution in [0.25, 0.3) is 0 Å². The molecule has 2 heterocycles. The van der Waals surface area contributed by atoms with E-state index in [9.17, 15) is 0 Å². The number of aromatic nitrogens is 1. The molecule has 1 fully saturated rings. The highest BCUT2D eigenvalue weighted by molar-refractivity contribution is 6.33. The SMILES string of the molecule is OB(O)Oc1ccc(N2CCCC2)nc1. The van der Waals surface area contributed by atoms with E-state index >= 15 is 0 Å². The lowest BCUT2D eigenvalue weighted by molar-refractivity contribution is 0.287. The Bertz CT molecular complexity index is 312. The third-order valence-corrected chi connectivity index (χ3v) is 2.39. The van der Waals surface area contributed by atoms with Gasteiger partial charge < -0.3 is 19.6 Å². The van der Waals surface area contributed by atoms with Crippen LogP contribution in [0.15, 0.2) is 18.3 Å². The molecule has 0 bridgehead atoms. The normalized spacial score (nSPS) is 15.5. The number of hydrogen-bond donors (Lipinski definition) is 2. The van der Waals surface area contributed by atoms with Crippen molar-refractivity contribution in [3.8, 4) is 5.75 Å². The van der Waals surface area contributed by atoms with Crippen molar-refractivity contribution < 1.29 is 14.7 Å². The average Bonchev–Trinajstić information content (AvgIpc) is 2.71. The van der Waals surface area contributed by atoms with Crippen molar-refractivity contribution in [1.82, 2.24) is 4.98 Å². The molecule has 15 heavy (non-hydrogen) atoms. The maximum absolute atomic E-state index is 8.58. The maximum Gasteiger partial charge on any atom is 0.707 e. The Morgan fingerprint density at radius 1 is 1.27 bits per heavy atom. The zero-order valence-electron chi connectivity index (χ0n) is 8.33. The Morgan fingerprint density at radius 3 is 2.53 bits per heavy atom. The molecule has 0 aliphatic carbocycles. The molecule has 6 heteroatoms. The molecule has 0 atom stereocenters. The molecule has 0 aromatic carbocycles. The van der Waals surface area contributed by atoms with Crippen molar-refractivity contribution in [2.75, 3.05) is 18.0 Å². The van der Waals surface area contributed by atoms with Gasteiger partial charge in [0.15, 0.2) is 0 Å². The third kappa shape index (κ3) is 2.61. The van der Waals surface area contributed by atoms with Gasteiger partial charge in [-0.05, 0) is 25.0 Å². The molecule has 1 aromatic rings. The number of rotatable bonds is 3. The van der Waals surface area contributed by atoms with Crippen LogP contribution in [0.2, 0.25) is 0 Å². The van der Waals surface area contributed by atoms with Crippen molar-refractivity contribution in [2.24, 2.45) is 0 Å².